The second kappa shape index (κ2) is 6.57. The van der Waals surface area contributed by atoms with Crippen molar-refractivity contribution >= 4 is 0 Å². The highest BCUT2D eigenvalue weighted by Gasteiger charge is 2.16. The molecule has 0 saturated heterocycles. The first kappa shape index (κ1) is 13.9. The fraction of sp³-hybridized carbons (Fsp3) is 0.538. The molecule has 3 nitrogen and oxygen atoms in total. The Labute approximate surface area is 102 Å². The molecule has 0 bridgehead atoms. The summed E-state index contributed by atoms with van der Waals surface area (Å²) in [4.78, 5) is 0. The third kappa shape index (κ3) is 3.98. The van der Waals surface area contributed by atoms with Crippen LogP contribution in [0.15, 0.2) is 18.2 Å². The normalized spacial score (nSPS) is 12.8. The molecule has 2 N–H and O–H groups in total. The first-order valence-corrected chi connectivity index (χ1v) is 5.80. The van der Waals surface area contributed by atoms with Gasteiger partial charge in [0.05, 0.1) is 13.2 Å². The maximum atomic E-state index is 13.4. The SMILES string of the molecule is COc1c(F)cccc1C(O)CCNC(C)C. The van der Waals surface area contributed by atoms with E-state index in [2.05, 4.69) is 5.32 Å². The van der Waals surface area contributed by atoms with Gasteiger partial charge < -0.3 is 15.2 Å². The largest absolute Gasteiger partial charge is 0.493 e. The Morgan fingerprint density at radius 3 is 2.71 bits per heavy atom. The van der Waals surface area contributed by atoms with Crippen molar-refractivity contribution in [3.8, 4) is 5.75 Å². The average Bonchev–Trinajstić information content (AvgIpc) is 2.28. The monoisotopic (exact) mass is 241 g/mol. The number of halogens is 1. The molecule has 1 aromatic carbocycles. The summed E-state index contributed by atoms with van der Waals surface area (Å²) in [5.74, 6) is -0.314. The van der Waals surface area contributed by atoms with E-state index in [1.165, 1.54) is 13.2 Å². The number of hydrogen-bond donors (Lipinski definition) is 2. The molecule has 0 aliphatic rings. The van der Waals surface area contributed by atoms with Crippen LogP contribution in [0.1, 0.15) is 31.9 Å². The highest BCUT2D eigenvalue weighted by molar-refractivity contribution is 5.36. The lowest BCUT2D eigenvalue weighted by Crippen LogP contribution is -2.25. The molecule has 0 spiro atoms. The second-order valence-corrected chi connectivity index (χ2v) is 4.28. The van der Waals surface area contributed by atoms with Crippen molar-refractivity contribution in [2.45, 2.75) is 32.4 Å². The number of para-hydroxylation sites is 1. The van der Waals surface area contributed by atoms with Crippen LogP contribution < -0.4 is 10.1 Å². The molecule has 96 valence electrons. The lowest BCUT2D eigenvalue weighted by molar-refractivity contribution is 0.161. The molecule has 0 saturated carbocycles. The fourth-order valence-electron chi connectivity index (χ4n) is 1.67. The van der Waals surface area contributed by atoms with Gasteiger partial charge in [0.1, 0.15) is 0 Å². The molecule has 0 heterocycles. The number of rotatable bonds is 6. The Kier molecular flexibility index (Phi) is 5.38. The molecule has 1 unspecified atom stereocenters. The van der Waals surface area contributed by atoms with E-state index < -0.39 is 11.9 Å². The average molecular weight is 241 g/mol. The van der Waals surface area contributed by atoms with Gasteiger partial charge in [0, 0.05) is 11.6 Å². The Bertz CT molecular complexity index is 355. The van der Waals surface area contributed by atoms with Crippen LogP contribution in [0.3, 0.4) is 0 Å². The van der Waals surface area contributed by atoms with Gasteiger partial charge in [-0.15, -0.1) is 0 Å². The molecule has 0 aromatic heterocycles. The van der Waals surface area contributed by atoms with Crippen molar-refractivity contribution in [3.05, 3.63) is 29.6 Å². The van der Waals surface area contributed by atoms with Crippen molar-refractivity contribution in [2.75, 3.05) is 13.7 Å². The Balaban J connectivity index is 2.68. The molecule has 1 rings (SSSR count). The van der Waals surface area contributed by atoms with Crippen LogP contribution in [-0.4, -0.2) is 24.8 Å². The summed E-state index contributed by atoms with van der Waals surface area (Å²) >= 11 is 0. The van der Waals surface area contributed by atoms with Gasteiger partial charge in [0.2, 0.25) is 0 Å². The van der Waals surface area contributed by atoms with Crippen molar-refractivity contribution in [1.29, 1.82) is 0 Å². The Hall–Kier alpha value is -1.13. The number of nitrogens with one attached hydrogen (secondary N) is 1. The lowest BCUT2D eigenvalue weighted by atomic mass is 10.0. The third-order valence-electron chi connectivity index (χ3n) is 2.53. The highest BCUT2D eigenvalue weighted by atomic mass is 19.1. The van der Waals surface area contributed by atoms with Gasteiger partial charge in [-0.25, -0.2) is 4.39 Å². The molecule has 0 radical (unpaired) electrons. The maximum Gasteiger partial charge on any atom is 0.165 e. The van der Waals surface area contributed by atoms with Crippen LogP contribution in [0.25, 0.3) is 0 Å². The van der Waals surface area contributed by atoms with Crippen molar-refractivity contribution < 1.29 is 14.2 Å². The zero-order valence-corrected chi connectivity index (χ0v) is 10.5. The minimum atomic E-state index is -0.716. The van der Waals surface area contributed by atoms with Crippen LogP contribution in [0, 0.1) is 5.82 Å². The molecule has 17 heavy (non-hydrogen) atoms. The van der Waals surface area contributed by atoms with Crippen LogP contribution in [0.2, 0.25) is 0 Å². The molecule has 4 heteroatoms. The van der Waals surface area contributed by atoms with Gasteiger partial charge in [0.25, 0.3) is 0 Å². The molecule has 0 aliphatic carbocycles. The summed E-state index contributed by atoms with van der Waals surface area (Å²) in [6.45, 7) is 4.75. The Morgan fingerprint density at radius 1 is 1.41 bits per heavy atom. The number of aliphatic hydroxyl groups is 1. The first-order valence-electron chi connectivity index (χ1n) is 5.80. The van der Waals surface area contributed by atoms with E-state index in [0.717, 1.165) is 0 Å². The van der Waals surface area contributed by atoms with Gasteiger partial charge in [-0.05, 0) is 19.0 Å². The second-order valence-electron chi connectivity index (χ2n) is 4.28. The summed E-state index contributed by atoms with van der Waals surface area (Å²) in [5.41, 5.74) is 0.498. The number of benzene rings is 1. The van der Waals surface area contributed by atoms with E-state index in [4.69, 9.17) is 4.74 Å². The molecular formula is C13H20FNO2. The number of hydrogen-bond acceptors (Lipinski definition) is 3. The maximum absolute atomic E-state index is 13.4. The quantitative estimate of drug-likeness (QED) is 0.802. The summed E-state index contributed by atoms with van der Waals surface area (Å²) in [6, 6.07) is 4.95. The smallest absolute Gasteiger partial charge is 0.165 e. The third-order valence-corrected chi connectivity index (χ3v) is 2.53. The summed E-state index contributed by atoms with van der Waals surface area (Å²) in [5, 5.41) is 13.2. The van der Waals surface area contributed by atoms with Gasteiger partial charge in [-0.3, -0.25) is 0 Å². The van der Waals surface area contributed by atoms with Crippen LogP contribution in [-0.2, 0) is 0 Å². The summed E-state index contributed by atoms with van der Waals surface area (Å²) < 4.78 is 18.4. The number of aliphatic hydroxyl groups excluding tert-OH is 1. The topological polar surface area (TPSA) is 41.5 Å². The minimum absolute atomic E-state index is 0.129. The van der Waals surface area contributed by atoms with Gasteiger partial charge in [-0.2, -0.15) is 0 Å². The molecule has 1 atom stereocenters. The molecule has 1 aromatic rings. The number of methoxy groups -OCH3 is 1. The summed E-state index contributed by atoms with van der Waals surface area (Å²) in [6.07, 6.45) is -0.190. The lowest BCUT2D eigenvalue weighted by Gasteiger charge is -2.16. The van der Waals surface area contributed by atoms with E-state index in [0.29, 0.717) is 24.6 Å². The molecule has 0 amide bonds. The molecular weight excluding hydrogens is 221 g/mol. The first-order chi connectivity index (χ1) is 8.06. The summed E-state index contributed by atoms with van der Waals surface area (Å²) in [7, 11) is 1.40. The standard InChI is InChI=1S/C13H20FNO2/c1-9(2)15-8-7-12(16)10-5-4-6-11(14)13(10)17-3/h4-6,9,12,15-16H,7-8H2,1-3H3. The van der Waals surface area contributed by atoms with Crippen molar-refractivity contribution in [3.63, 3.8) is 0 Å². The van der Waals surface area contributed by atoms with Crippen LogP contribution >= 0.6 is 0 Å². The van der Waals surface area contributed by atoms with Crippen molar-refractivity contribution in [2.24, 2.45) is 0 Å². The van der Waals surface area contributed by atoms with E-state index in [1.54, 1.807) is 12.1 Å². The van der Waals surface area contributed by atoms with E-state index >= 15 is 0 Å². The van der Waals surface area contributed by atoms with E-state index in [1.807, 2.05) is 13.8 Å². The van der Waals surface area contributed by atoms with Crippen LogP contribution in [0.4, 0.5) is 4.39 Å². The zero-order chi connectivity index (χ0) is 12.8. The zero-order valence-electron chi connectivity index (χ0n) is 10.5. The van der Waals surface area contributed by atoms with Crippen LogP contribution in [0.5, 0.6) is 5.75 Å². The predicted octanol–water partition coefficient (Wildman–Crippen LogP) is 2.26. The number of ether oxygens (including phenoxy) is 1. The van der Waals surface area contributed by atoms with E-state index in [9.17, 15) is 9.50 Å². The minimum Gasteiger partial charge on any atom is -0.493 e. The van der Waals surface area contributed by atoms with Crippen molar-refractivity contribution in [1.82, 2.24) is 5.32 Å². The van der Waals surface area contributed by atoms with E-state index in [-0.39, 0.29) is 5.75 Å². The van der Waals surface area contributed by atoms with Gasteiger partial charge >= 0.3 is 0 Å². The molecule has 0 aliphatic heterocycles. The highest BCUT2D eigenvalue weighted by Crippen LogP contribution is 2.29. The molecule has 0 fully saturated rings. The predicted molar refractivity (Wildman–Crippen MR) is 65.7 cm³/mol. The fourth-order valence-corrected chi connectivity index (χ4v) is 1.67. The van der Waals surface area contributed by atoms with Gasteiger partial charge in [0.15, 0.2) is 11.6 Å². The van der Waals surface area contributed by atoms with Gasteiger partial charge in [-0.1, -0.05) is 26.0 Å². The Morgan fingerprint density at radius 2 is 2.12 bits per heavy atom.